The van der Waals surface area contributed by atoms with Gasteiger partial charge in [0.15, 0.2) is 0 Å². The summed E-state index contributed by atoms with van der Waals surface area (Å²) in [6.07, 6.45) is 0.385. The van der Waals surface area contributed by atoms with Gasteiger partial charge >= 0.3 is 0 Å². The lowest BCUT2D eigenvalue weighted by Crippen LogP contribution is -2.37. The van der Waals surface area contributed by atoms with Crippen molar-refractivity contribution in [3.05, 3.63) is 81.8 Å². The largest absolute Gasteiger partial charge is 0.497 e. The minimum Gasteiger partial charge on any atom is -0.497 e. The first-order chi connectivity index (χ1) is 13.5. The lowest BCUT2D eigenvalue weighted by molar-refractivity contribution is 0.384. The van der Waals surface area contributed by atoms with E-state index in [-0.39, 0.29) is 23.5 Å². The Morgan fingerprint density at radius 3 is 2.64 bits per heavy atom. The summed E-state index contributed by atoms with van der Waals surface area (Å²) in [6.45, 7) is 0.839. The predicted octanol–water partition coefficient (Wildman–Crippen LogP) is 1.98. The Kier molecular flexibility index (Phi) is 4.82. The van der Waals surface area contributed by atoms with Crippen LogP contribution in [0.5, 0.6) is 5.75 Å². The molecule has 1 aromatic heterocycles. The third-order valence-electron chi connectivity index (χ3n) is 4.95. The van der Waals surface area contributed by atoms with Gasteiger partial charge in [0.25, 0.3) is 5.56 Å². The normalized spacial score (nSPS) is 14.6. The zero-order chi connectivity index (χ0) is 19.7. The van der Waals surface area contributed by atoms with Crippen molar-refractivity contribution in [1.29, 1.82) is 0 Å². The summed E-state index contributed by atoms with van der Waals surface area (Å²) in [5.41, 5.74) is 2.23. The van der Waals surface area contributed by atoms with E-state index in [1.54, 1.807) is 22.9 Å². The summed E-state index contributed by atoms with van der Waals surface area (Å²) < 4.78 is 34.1. The average Bonchev–Trinajstić information content (AvgIpc) is 3.03. The second-order valence-electron chi connectivity index (χ2n) is 6.71. The van der Waals surface area contributed by atoms with Crippen LogP contribution >= 0.6 is 0 Å². The van der Waals surface area contributed by atoms with Crippen molar-refractivity contribution >= 4 is 10.0 Å². The van der Waals surface area contributed by atoms with E-state index in [9.17, 15) is 13.2 Å². The Hall–Kier alpha value is -2.84. The van der Waals surface area contributed by atoms with Crippen LogP contribution in [0, 0.1) is 0 Å². The Bertz CT molecular complexity index is 1150. The number of fused-ring (bicyclic) bond motifs is 1. The molecular formula is C20H21N3O4S. The number of nitrogens with zero attached hydrogens (tertiary/aromatic N) is 2. The number of methoxy groups -OCH3 is 1. The zero-order valence-corrected chi connectivity index (χ0v) is 16.3. The van der Waals surface area contributed by atoms with Crippen molar-refractivity contribution in [1.82, 2.24) is 14.1 Å². The van der Waals surface area contributed by atoms with Crippen molar-refractivity contribution in [3.8, 4) is 5.75 Å². The molecule has 0 aliphatic carbocycles. The number of H-pyrrole nitrogens is 1. The van der Waals surface area contributed by atoms with Gasteiger partial charge < -0.3 is 4.74 Å². The second kappa shape index (κ2) is 7.29. The Labute approximate surface area is 163 Å². The maximum absolute atomic E-state index is 13.0. The van der Waals surface area contributed by atoms with E-state index in [1.807, 2.05) is 30.3 Å². The molecule has 0 bridgehead atoms. The summed E-state index contributed by atoms with van der Waals surface area (Å²) in [4.78, 5) is 12.9. The van der Waals surface area contributed by atoms with Gasteiger partial charge in [0.2, 0.25) is 10.0 Å². The van der Waals surface area contributed by atoms with E-state index < -0.39 is 10.0 Å². The Balaban J connectivity index is 1.61. The van der Waals surface area contributed by atoms with Crippen LogP contribution in [0.2, 0.25) is 0 Å². The number of nitrogens with one attached hydrogen (secondary N) is 1. The quantitative estimate of drug-likeness (QED) is 0.711. The van der Waals surface area contributed by atoms with Crippen molar-refractivity contribution in [2.24, 2.45) is 0 Å². The highest BCUT2D eigenvalue weighted by Gasteiger charge is 2.31. The maximum atomic E-state index is 13.0. The molecule has 146 valence electrons. The van der Waals surface area contributed by atoms with Crippen LogP contribution in [0.1, 0.15) is 16.8 Å². The molecule has 2 aromatic carbocycles. The molecule has 0 amide bonds. The summed E-state index contributed by atoms with van der Waals surface area (Å²) in [6, 6.07) is 16.1. The van der Waals surface area contributed by atoms with Gasteiger partial charge in [0.1, 0.15) is 5.75 Å². The first kappa shape index (κ1) is 18.5. The minimum absolute atomic E-state index is 0.0859. The molecule has 0 fully saturated rings. The fourth-order valence-corrected chi connectivity index (χ4v) is 4.89. The summed E-state index contributed by atoms with van der Waals surface area (Å²) >= 11 is 0. The molecule has 0 saturated heterocycles. The minimum atomic E-state index is -3.68. The highest BCUT2D eigenvalue weighted by Crippen LogP contribution is 2.25. The molecule has 0 atom stereocenters. The smallest absolute Gasteiger partial charge is 0.270 e. The Morgan fingerprint density at radius 2 is 1.89 bits per heavy atom. The number of hydrogen-bond donors (Lipinski definition) is 1. The summed E-state index contributed by atoms with van der Waals surface area (Å²) in [5, 5.41) is 3.10. The Morgan fingerprint density at radius 1 is 1.11 bits per heavy atom. The number of benzene rings is 2. The lowest BCUT2D eigenvalue weighted by Gasteiger charge is -2.25. The molecular weight excluding hydrogens is 378 g/mol. The van der Waals surface area contributed by atoms with Gasteiger partial charge in [-0.2, -0.15) is 4.31 Å². The number of aromatic amines is 1. The van der Waals surface area contributed by atoms with Crippen LogP contribution < -0.4 is 10.3 Å². The SMILES string of the molecule is COc1cccc(S(=O)(=O)N2CCc3c([nH]n(Cc4ccccc4)c3=O)C2)c1. The van der Waals surface area contributed by atoms with Gasteiger partial charge in [-0.15, -0.1) is 0 Å². The zero-order valence-electron chi connectivity index (χ0n) is 15.5. The first-order valence-electron chi connectivity index (χ1n) is 8.98. The van der Waals surface area contributed by atoms with Crippen LogP contribution in [0.25, 0.3) is 0 Å². The number of rotatable bonds is 5. The number of hydrogen-bond acceptors (Lipinski definition) is 4. The highest BCUT2D eigenvalue weighted by molar-refractivity contribution is 7.89. The molecule has 0 saturated carbocycles. The topological polar surface area (TPSA) is 84.4 Å². The van der Waals surface area contributed by atoms with Gasteiger partial charge in [-0.3, -0.25) is 9.89 Å². The number of aromatic nitrogens is 2. The molecule has 8 heteroatoms. The van der Waals surface area contributed by atoms with E-state index in [0.29, 0.717) is 30.0 Å². The second-order valence-corrected chi connectivity index (χ2v) is 8.65. The molecule has 2 heterocycles. The summed E-state index contributed by atoms with van der Waals surface area (Å²) in [7, 11) is -2.18. The predicted molar refractivity (Wildman–Crippen MR) is 105 cm³/mol. The van der Waals surface area contributed by atoms with Crippen molar-refractivity contribution in [2.45, 2.75) is 24.4 Å². The summed E-state index contributed by atoms with van der Waals surface area (Å²) in [5.74, 6) is 0.487. The lowest BCUT2D eigenvalue weighted by atomic mass is 10.1. The first-order valence-corrected chi connectivity index (χ1v) is 10.4. The molecule has 0 spiro atoms. The van der Waals surface area contributed by atoms with E-state index in [4.69, 9.17) is 4.74 Å². The van der Waals surface area contributed by atoms with Gasteiger partial charge in [-0.1, -0.05) is 36.4 Å². The van der Waals surface area contributed by atoms with Crippen molar-refractivity contribution in [3.63, 3.8) is 0 Å². The van der Waals surface area contributed by atoms with Gasteiger partial charge in [-0.05, 0) is 24.1 Å². The van der Waals surface area contributed by atoms with Crippen LogP contribution in [0.15, 0.2) is 64.3 Å². The standard InChI is InChI=1S/C20H21N3O4S/c1-27-16-8-5-9-17(12-16)28(25,26)22-11-10-18-19(14-22)21-23(20(18)24)13-15-6-3-2-4-7-15/h2-9,12,21H,10-11,13-14H2,1H3. The monoisotopic (exact) mass is 399 g/mol. The number of ether oxygens (including phenoxy) is 1. The van der Waals surface area contributed by atoms with Gasteiger partial charge in [-0.25, -0.2) is 13.1 Å². The molecule has 1 aliphatic heterocycles. The van der Waals surface area contributed by atoms with E-state index in [0.717, 1.165) is 5.56 Å². The molecule has 1 N–H and O–H groups in total. The average molecular weight is 399 g/mol. The van der Waals surface area contributed by atoms with Gasteiger partial charge in [0, 0.05) is 18.2 Å². The third kappa shape index (κ3) is 3.36. The van der Waals surface area contributed by atoms with Crippen LogP contribution in [-0.2, 0) is 29.5 Å². The highest BCUT2D eigenvalue weighted by atomic mass is 32.2. The fourth-order valence-electron chi connectivity index (χ4n) is 3.45. The third-order valence-corrected chi connectivity index (χ3v) is 6.79. The van der Waals surface area contributed by atoms with Crippen LogP contribution in [0.3, 0.4) is 0 Å². The maximum Gasteiger partial charge on any atom is 0.270 e. The molecule has 28 heavy (non-hydrogen) atoms. The molecule has 0 unspecified atom stereocenters. The molecule has 4 rings (SSSR count). The molecule has 1 aliphatic rings. The number of sulfonamides is 1. The van der Waals surface area contributed by atoms with E-state index in [2.05, 4.69) is 5.10 Å². The molecule has 7 nitrogen and oxygen atoms in total. The van der Waals surface area contributed by atoms with Crippen LogP contribution in [0.4, 0.5) is 0 Å². The molecule has 0 radical (unpaired) electrons. The van der Waals surface area contributed by atoms with Crippen molar-refractivity contribution < 1.29 is 13.2 Å². The van der Waals surface area contributed by atoms with Gasteiger partial charge in [0.05, 0.1) is 30.8 Å². The fraction of sp³-hybridized carbons (Fsp3) is 0.250. The van der Waals surface area contributed by atoms with Crippen molar-refractivity contribution in [2.75, 3.05) is 13.7 Å². The molecule has 3 aromatic rings. The van der Waals surface area contributed by atoms with E-state index in [1.165, 1.54) is 17.5 Å². The van der Waals surface area contributed by atoms with Crippen LogP contribution in [-0.4, -0.2) is 36.2 Å². The van der Waals surface area contributed by atoms with E-state index >= 15 is 0 Å².